The third kappa shape index (κ3) is 10.1. The number of alkyl halides is 3. The summed E-state index contributed by atoms with van der Waals surface area (Å²) in [5, 5.41) is 0. The van der Waals surface area contributed by atoms with Crippen LogP contribution in [0.25, 0.3) is 0 Å². The van der Waals surface area contributed by atoms with Crippen LogP contribution in [0.1, 0.15) is 73.1 Å². The van der Waals surface area contributed by atoms with E-state index >= 15 is 0 Å². The zero-order valence-corrected chi connectivity index (χ0v) is 20.8. The topological polar surface area (TPSA) is 88.1 Å². The van der Waals surface area contributed by atoms with Crippen LogP contribution in [-0.2, 0) is 14.3 Å². The smallest absolute Gasteiger partial charge is 0.436 e. The molecule has 0 saturated heterocycles. The van der Waals surface area contributed by atoms with Gasteiger partial charge in [0.15, 0.2) is 0 Å². The fraction of sp³-hybridized carbons (Fsp3) is 0.444. The molecule has 0 fully saturated rings. The van der Waals surface area contributed by atoms with Crippen LogP contribution in [0.4, 0.5) is 13.2 Å². The third-order valence-corrected chi connectivity index (χ3v) is 5.14. The Morgan fingerprint density at radius 3 is 1.78 bits per heavy atom. The molecular formula is C27H31F3O7. The second kappa shape index (κ2) is 14.9. The summed E-state index contributed by atoms with van der Waals surface area (Å²) in [5.74, 6) is -3.04. The van der Waals surface area contributed by atoms with E-state index in [-0.39, 0.29) is 23.5 Å². The number of unbranched alkanes of at least 4 members (excludes halogenated alkanes) is 4. The van der Waals surface area contributed by atoms with Gasteiger partial charge in [-0.05, 0) is 61.4 Å². The Bertz CT molecular complexity index is 1000. The minimum absolute atomic E-state index is 0.0594. The van der Waals surface area contributed by atoms with Crippen molar-refractivity contribution >= 4 is 17.9 Å². The van der Waals surface area contributed by atoms with Gasteiger partial charge in [0.1, 0.15) is 11.5 Å². The molecule has 0 aliphatic carbocycles. The van der Waals surface area contributed by atoms with Crippen LogP contribution in [0.2, 0.25) is 0 Å². The number of hydrogen-bond acceptors (Lipinski definition) is 7. The first kappa shape index (κ1) is 29.7. The molecule has 0 aromatic heterocycles. The number of esters is 3. The molecule has 2 aromatic carbocycles. The molecule has 7 nitrogen and oxygen atoms in total. The maximum Gasteiger partial charge on any atom is 0.436 e. The minimum atomic E-state index is -5.14. The van der Waals surface area contributed by atoms with Crippen LogP contribution in [0.3, 0.4) is 0 Å². The van der Waals surface area contributed by atoms with E-state index in [0.29, 0.717) is 25.2 Å². The average molecular weight is 525 g/mol. The maximum absolute atomic E-state index is 13.3. The van der Waals surface area contributed by atoms with Gasteiger partial charge in [0.05, 0.1) is 24.3 Å². The Kier molecular flexibility index (Phi) is 11.9. The van der Waals surface area contributed by atoms with E-state index in [1.54, 1.807) is 24.3 Å². The summed E-state index contributed by atoms with van der Waals surface area (Å²) in [6.07, 6.45) is -3.23. The van der Waals surface area contributed by atoms with Gasteiger partial charge in [0.25, 0.3) is 6.10 Å². The summed E-state index contributed by atoms with van der Waals surface area (Å²) in [5.41, 5.74) is -0.00716. The predicted molar refractivity (Wildman–Crippen MR) is 129 cm³/mol. The molecule has 0 N–H and O–H groups in total. The van der Waals surface area contributed by atoms with Gasteiger partial charge in [-0.1, -0.05) is 39.5 Å². The molecule has 0 saturated carbocycles. The lowest BCUT2D eigenvalue weighted by atomic mass is 10.2. The van der Waals surface area contributed by atoms with Crippen molar-refractivity contribution < 1.29 is 46.5 Å². The van der Waals surface area contributed by atoms with E-state index in [4.69, 9.17) is 9.47 Å². The molecule has 10 heteroatoms. The Morgan fingerprint density at radius 1 is 0.730 bits per heavy atom. The summed E-state index contributed by atoms with van der Waals surface area (Å²) in [7, 11) is 0. The highest BCUT2D eigenvalue weighted by molar-refractivity contribution is 5.93. The Balaban J connectivity index is 1.94. The van der Waals surface area contributed by atoms with Gasteiger partial charge in [-0.3, -0.25) is 0 Å². The zero-order valence-electron chi connectivity index (χ0n) is 20.8. The molecule has 0 radical (unpaired) electrons. The van der Waals surface area contributed by atoms with Gasteiger partial charge in [0, 0.05) is 0 Å². The van der Waals surface area contributed by atoms with E-state index in [2.05, 4.69) is 16.4 Å². The fourth-order valence-corrected chi connectivity index (χ4v) is 3.08. The Morgan fingerprint density at radius 2 is 1.24 bits per heavy atom. The first-order chi connectivity index (χ1) is 17.7. The Labute approximate surface area is 213 Å². The number of ether oxygens (including phenoxy) is 4. The largest absolute Gasteiger partial charge is 0.494 e. The molecule has 202 valence electrons. The molecule has 0 amide bonds. The van der Waals surface area contributed by atoms with Crippen LogP contribution in [0.15, 0.2) is 48.5 Å². The van der Waals surface area contributed by atoms with Crippen molar-refractivity contribution in [3.05, 3.63) is 59.7 Å². The van der Waals surface area contributed by atoms with Crippen molar-refractivity contribution in [1.82, 2.24) is 0 Å². The van der Waals surface area contributed by atoms with E-state index in [0.717, 1.165) is 37.8 Å². The van der Waals surface area contributed by atoms with Crippen LogP contribution in [0.5, 0.6) is 11.5 Å². The highest BCUT2D eigenvalue weighted by Gasteiger charge is 2.49. The van der Waals surface area contributed by atoms with Crippen molar-refractivity contribution in [3.63, 3.8) is 0 Å². The lowest BCUT2D eigenvalue weighted by molar-refractivity contribution is -0.218. The summed E-state index contributed by atoms with van der Waals surface area (Å²) in [6.45, 7) is 4.36. The standard InChI is InChI=1S/C27H31F3O7/c1-3-5-7-17-34-21-13-9-19(10-14-21)24(31)36-22-15-11-20(12-16-22)25(32)37-23(27(28,29)30)26(33)35-18-8-6-4-2/h9-16,23H,3-8,17-18H2,1-2H3. The van der Waals surface area contributed by atoms with Crippen molar-refractivity contribution in [2.45, 2.75) is 64.7 Å². The first-order valence-electron chi connectivity index (χ1n) is 12.1. The van der Waals surface area contributed by atoms with Gasteiger partial charge >= 0.3 is 24.1 Å². The van der Waals surface area contributed by atoms with Gasteiger partial charge in [-0.2, -0.15) is 13.2 Å². The predicted octanol–water partition coefficient (Wildman–Crippen LogP) is 6.30. The number of benzene rings is 2. The van der Waals surface area contributed by atoms with Crippen LogP contribution in [0, 0.1) is 0 Å². The molecule has 0 heterocycles. The van der Waals surface area contributed by atoms with Crippen LogP contribution in [-0.4, -0.2) is 43.4 Å². The number of carbonyl (C=O) groups excluding carboxylic acids is 3. The van der Waals surface area contributed by atoms with Crippen LogP contribution >= 0.6 is 0 Å². The molecule has 0 spiro atoms. The normalized spacial score (nSPS) is 11.9. The summed E-state index contributed by atoms with van der Waals surface area (Å²) >= 11 is 0. The first-order valence-corrected chi connectivity index (χ1v) is 12.1. The number of halogens is 3. The lowest BCUT2D eigenvalue weighted by Gasteiger charge is -2.19. The second-order valence-electron chi connectivity index (χ2n) is 8.20. The molecule has 0 aliphatic rings. The quantitative estimate of drug-likeness (QED) is 0.163. The number of hydrogen-bond donors (Lipinski definition) is 0. The molecular weight excluding hydrogens is 493 g/mol. The molecule has 2 aromatic rings. The maximum atomic E-state index is 13.3. The SMILES string of the molecule is CCCCCOC(=O)C(OC(=O)c1ccc(OC(=O)c2ccc(OCCCCC)cc2)cc1)C(F)(F)F. The molecule has 2 rings (SSSR count). The molecule has 1 atom stereocenters. The van der Waals surface area contributed by atoms with Crippen molar-refractivity contribution in [2.75, 3.05) is 13.2 Å². The molecule has 37 heavy (non-hydrogen) atoms. The Hall–Kier alpha value is -3.56. The summed E-state index contributed by atoms with van der Waals surface area (Å²) < 4.78 is 59.6. The summed E-state index contributed by atoms with van der Waals surface area (Å²) in [6, 6.07) is 11.1. The van der Waals surface area contributed by atoms with E-state index in [1.807, 2.05) is 6.92 Å². The lowest BCUT2D eigenvalue weighted by Crippen LogP contribution is -2.42. The monoisotopic (exact) mass is 524 g/mol. The van der Waals surface area contributed by atoms with Gasteiger partial charge in [-0.15, -0.1) is 0 Å². The van der Waals surface area contributed by atoms with E-state index in [9.17, 15) is 27.6 Å². The van der Waals surface area contributed by atoms with Crippen LogP contribution < -0.4 is 9.47 Å². The molecule has 1 unspecified atom stereocenters. The minimum Gasteiger partial charge on any atom is -0.494 e. The fourth-order valence-electron chi connectivity index (χ4n) is 3.08. The summed E-state index contributed by atoms with van der Waals surface area (Å²) in [4.78, 5) is 36.4. The van der Waals surface area contributed by atoms with E-state index < -0.39 is 30.2 Å². The second-order valence-corrected chi connectivity index (χ2v) is 8.20. The van der Waals surface area contributed by atoms with E-state index in [1.165, 1.54) is 12.1 Å². The van der Waals surface area contributed by atoms with Crippen molar-refractivity contribution in [1.29, 1.82) is 0 Å². The highest BCUT2D eigenvalue weighted by atomic mass is 19.4. The van der Waals surface area contributed by atoms with Crippen molar-refractivity contribution in [2.24, 2.45) is 0 Å². The van der Waals surface area contributed by atoms with Crippen molar-refractivity contribution in [3.8, 4) is 11.5 Å². The highest BCUT2D eigenvalue weighted by Crippen LogP contribution is 2.26. The number of carbonyl (C=O) groups is 3. The molecule has 0 bridgehead atoms. The van der Waals surface area contributed by atoms with Gasteiger partial charge < -0.3 is 18.9 Å². The number of rotatable bonds is 14. The average Bonchev–Trinajstić information content (AvgIpc) is 2.87. The van der Waals surface area contributed by atoms with Gasteiger partial charge in [-0.25, -0.2) is 14.4 Å². The molecule has 0 aliphatic heterocycles. The third-order valence-electron chi connectivity index (χ3n) is 5.14. The zero-order chi connectivity index (χ0) is 27.3. The van der Waals surface area contributed by atoms with Gasteiger partial charge in [0.2, 0.25) is 0 Å².